The van der Waals surface area contributed by atoms with E-state index < -0.39 is 0 Å². The predicted octanol–water partition coefficient (Wildman–Crippen LogP) is 3.13. The highest BCUT2D eigenvalue weighted by atomic mass is 15.1. The fraction of sp³-hybridized carbons (Fsp3) is 0.312. The molecule has 0 amide bonds. The summed E-state index contributed by atoms with van der Waals surface area (Å²) in [6.45, 7) is 2.95. The third-order valence-corrected chi connectivity index (χ3v) is 3.33. The van der Waals surface area contributed by atoms with Crippen molar-refractivity contribution in [2.24, 2.45) is 5.73 Å². The Morgan fingerprint density at radius 2 is 2.00 bits per heavy atom. The smallest absolute Gasteiger partial charge is 0.0441 e. The Morgan fingerprint density at radius 1 is 1.21 bits per heavy atom. The van der Waals surface area contributed by atoms with Crippen LogP contribution in [0, 0.1) is 0 Å². The van der Waals surface area contributed by atoms with Crippen molar-refractivity contribution in [1.29, 1.82) is 0 Å². The summed E-state index contributed by atoms with van der Waals surface area (Å²) in [5.41, 5.74) is 9.79. The van der Waals surface area contributed by atoms with Crippen molar-refractivity contribution in [2.75, 3.05) is 11.9 Å². The molecule has 1 atom stereocenters. The molecule has 2 aromatic rings. The molecule has 1 aromatic heterocycles. The van der Waals surface area contributed by atoms with E-state index in [2.05, 4.69) is 48.1 Å². The van der Waals surface area contributed by atoms with Crippen LogP contribution in [0.1, 0.15) is 30.5 Å². The van der Waals surface area contributed by atoms with Gasteiger partial charge in [0.05, 0.1) is 0 Å². The van der Waals surface area contributed by atoms with Crippen molar-refractivity contribution in [2.45, 2.75) is 25.9 Å². The van der Waals surface area contributed by atoms with Crippen LogP contribution in [0.25, 0.3) is 0 Å². The highest BCUT2D eigenvalue weighted by Gasteiger charge is 2.12. The Hall–Kier alpha value is -1.87. The first-order valence-electron chi connectivity index (χ1n) is 6.67. The highest BCUT2D eigenvalue weighted by molar-refractivity contribution is 5.54. The van der Waals surface area contributed by atoms with Crippen LogP contribution in [0.4, 0.5) is 5.69 Å². The van der Waals surface area contributed by atoms with E-state index in [1.54, 1.807) is 6.20 Å². The normalized spacial score (nSPS) is 12.2. The van der Waals surface area contributed by atoms with Crippen molar-refractivity contribution in [1.82, 2.24) is 4.98 Å². The molecule has 0 aliphatic carbocycles. The lowest BCUT2D eigenvalue weighted by Crippen LogP contribution is -2.20. The Balaban J connectivity index is 2.21. The summed E-state index contributed by atoms with van der Waals surface area (Å²) in [7, 11) is 2.09. The molecule has 0 fully saturated rings. The van der Waals surface area contributed by atoms with Crippen LogP contribution in [-0.4, -0.2) is 12.0 Å². The van der Waals surface area contributed by atoms with Crippen LogP contribution in [0.15, 0.2) is 48.8 Å². The monoisotopic (exact) mass is 255 g/mol. The lowest BCUT2D eigenvalue weighted by Gasteiger charge is -2.24. The quantitative estimate of drug-likeness (QED) is 0.892. The first kappa shape index (κ1) is 13.6. The average Bonchev–Trinajstić information content (AvgIpc) is 2.47. The van der Waals surface area contributed by atoms with Crippen molar-refractivity contribution in [3.63, 3.8) is 0 Å². The molecule has 19 heavy (non-hydrogen) atoms. The summed E-state index contributed by atoms with van der Waals surface area (Å²) < 4.78 is 0. The van der Waals surface area contributed by atoms with Gasteiger partial charge in [-0.15, -0.1) is 0 Å². The van der Waals surface area contributed by atoms with Gasteiger partial charge in [-0.2, -0.15) is 0 Å². The van der Waals surface area contributed by atoms with Gasteiger partial charge in [-0.3, -0.25) is 4.98 Å². The van der Waals surface area contributed by atoms with Gasteiger partial charge in [-0.05, 0) is 29.7 Å². The van der Waals surface area contributed by atoms with E-state index >= 15 is 0 Å². The largest absolute Gasteiger partial charge is 0.370 e. The summed E-state index contributed by atoms with van der Waals surface area (Å²) in [4.78, 5) is 6.38. The fourth-order valence-electron chi connectivity index (χ4n) is 2.22. The lowest BCUT2D eigenvalue weighted by molar-refractivity contribution is 0.694. The second-order valence-electron chi connectivity index (χ2n) is 4.79. The zero-order valence-electron chi connectivity index (χ0n) is 11.6. The summed E-state index contributed by atoms with van der Waals surface area (Å²) in [5.74, 6) is 0. The van der Waals surface area contributed by atoms with Crippen molar-refractivity contribution < 1.29 is 0 Å². The molecule has 1 heterocycles. The topological polar surface area (TPSA) is 42.1 Å². The maximum atomic E-state index is 6.19. The van der Waals surface area contributed by atoms with E-state index in [4.69, 9.17) is 5.73 Å². The minimum Gasteiger partial charge on any atom is -0.370 e. The molecule has 2 rings (SSSR count). The molecule has 3 heteroatoms. The zero-order chi connectivity index (χ0) is 13.7. The summed E-state index contributed by atoms with van der Waals surface area (Å²) in [6.07, 6.45) is 4.64. The Bertz CT molecular complexity index is 510. The van der Waals surface area contributed by atoms with Crippen LogP contribution in [0.3, 0.4) is 0 Å². The molecule has 1 aromatic carbocycles. The number of anilines is 1. The first-order valence-corrected chi connectivity index (χ1v) is 6.67. The number of para-hydroxylation sites is 1. The summed E-state index contributed by atoms with van der Waals surface area (Å²) in [6, 6.07) is 12.5. The minimum absolute atomic E-state index is 0.0903. The molecule has 0 saturated carbocycles. The number of nitrogens with zero attached hydrogens (tertiary/aromatic N) is 2. The molecule has 0 saturated heterocycles. The number of aromatic nitrogens is 1. The van der Waals surface area contributed by atoms with Gasteiger partial charge in [0.15, 0.2) is 0 Å². The van der Waals surface area contributed by atoms with Crippen LogP contribution < -0.4 is 10.6 Å². The molecule has 2 N–H and O–H groups in total. The summed E-state index contributed by atoms with van der Waals surface area (Å²) >= 11 is 0. The van der Waals surface area contributed by atoms with Crippen molar-refractivity contribution in [3.8, 4) is 0 Å². The van der Waals surface area contributed by atoms with Gasteiger partial charge < -0.3 is 10.6 Å². The number of pyridine rings is 1. The van der Waals surface area contributed by atoms with E-state index in [0.717, 1.165) is 13.0 Å². The van der Waals surface area contributed by atoms with Crippen LogP contribution in [-0.2, 0) is 6.54 Å². The van der Waals surface area contributed by atoms with Gasteiger partial charge in [0.25, 0.3) is 0 Å². The van der Waals surface area contributed by atoms with E-state index in [1.165, 1.54) is 16.8 Å². The third-order valence-electron chi connectivity index (χ3n) is 3.33. The lowest BCUT2D eigenvalue weighted by atomic mass is 10.0. The van der Waals surface area contributed by atoms with E-state index in [9.17, 15) is 0 Å². The van der Waals surface area contributed by atoms with Gasteiger partial charge in [0.1, 0.15) is 0 Å². The molecular weight excluding hydrogens is 234 g/mol. The zero-order valence-corrected chi connectivity index (χ0v) is 11.6. The highest BCUT2D eigenvalue weighted by Crippen LogP contribution is 2.26. The van der Waals surface area contributed by atoms with Crippen LogP contribution in [0.5, 0.6) is 0 Å². The number of rotatable bonds is 5. The third kappa shape index (κ3) is 3.32. The van der Waals surface area contributed by atoms with E-state index in [-0.39, 0.29) is 6.04 Å². The first-order chi connectivity index (χ1) is 9.22. The van der Waals surface area contributed by atoms with Gasteiger partial charge in [0.2, 0.25) is 0 Å². The number of benzene rings is 1. The van der Waals surface area contributed by atoms with Gasteiger partial charge in [-0.1, -0.05) is 31.2 Å². The molecule has 0 spiro atoms. The standard InChI is InChI=1S/C16H21N3/c1-3-15(17)14-8-4-5-9-16(14)19(2)12-13-7-6-10-18-11-13/h4-11,15H,3,12,17H2,1-2H3. The molecular formula is C16H21N3. The number of hydrogen-bond acceptors (Lipinski definition) is 3. The SMILES string of the molecule is CCC(N)c1ccccc1N(C)Cc1cccnc1. The second-order valence-corrected chi connectivity index (χ2v) is 4.79. The van der Waals surface area contributed by atoms with Gasteiger partial charge in [0, 0.05) is 37.7 Å². The molecule has 100 valence electrons. The molecule has 0 aliphatic heterocycles. The van der Waals surface area contributed by atoms with Crippen LogP contribution in [0.2, 0.25) is 0 Å². The van der Waals surface area contributed by atoms with E-state index in [1.807, 2.05) is 18.3 Å². The molecule has 0 bridgehead atoms. The summed E-state index contributed by atoms with van der Waals surface area (Å²) in [5, 5.41) is 0. The van der Waals surface area contributed by atoms with E-state index in [0.29, 0.717) is 0 Å². The number of nitrogens with two attached hydrogens (primary N) is 1. The molecule has 1 unspecified atom stereocenters. The predicted molar refractivity (Wildman–Crippen MR) is 80.0 cm³/mol. The van der Waals surface area contributed by atoms with Crippen LogP contribution >= 0.6 is 0 Å². The second kappa shape index (κ2) is 6.34. The Labute approximate surface area is 115 Å². The maximum Gasteiger partial charge on any atom is 0.0441 e. The minimum atomic E-state index is 0.0903. The molecule has 0 aliphatic rings. The molecule has 0 radical (unpaired) electrons. The Kier molecular flexibility index (Phi) is 4.53. The van der Waals surface area contributed by atoms with Crippen molar-refractivity contribution in [3.05, 3.63) is 59.9 Å². The fourth-order valence-corrected chi connectivity index (χ4v) is 2.22. The van der Waals surface area contributed by atoms with Gasteiger partial charge in [-0.25, -0.2) is 0 Å². The molecule has 3 nitrogen and oxygen atoms in total. The average molecular weight is 255 g/mol. The maximum absolute atomic E-state index is 6.19. The number of hydrogen-bond donors (Lipinski definition) is 1. The van der Waals surface area contributed by atoms with Crippen molar-refractivity contribution >= 4 is 5.69 Å². The Morgan fingerprint density at radius 3 is 2.68 bits per heavy atom. The van der Waals surface area contributed by atoms with Gasteiger partial charge >= 0.3 is 0 Å².